The average molecular weight is 379 g/mol. The zero-order valence-corrected chi connectivity index (χ0v) is 14.4. The van der Waals surface area contributed by atoms with Crippen LogP contribution in [0.2, 0.25) is 0 Å². The van der Waals surface area contributed by atoms with E-state index < -0.39 is 0 Å². The highest BCUT2D eigenvalue weighted by Gasteiger charge is 2.06. The number of aromatic hydroxyl groups is 1. The average Bonchev–Trinajstić information content (AvgIpc) is 2.61. The number of benzene rings is 3. The summed E-state index contributed by atoms with van der Waals surface area (Å²) in [5.41, 5.74) is 3.49. The molecule has 0 atom stereocenters. The topological polar surface area (TPSA) is 37.3 Å². The van der Waals surface area contributed by atoms with Crippen molar-refractivity contribution in [1.29, 1.82) is 0 Å². The van der Waals surface area contributed by atoms with Crippen molar-refractivity contribution in [3.8, 4) is 16.9 Å². The largest absolute Gasteiger partial charge is 0.507 e. The van der Waals surface area contributed by atoms with Gasteiger partial charge in [-0.2, -0.15) is 0 Å². The van der Waals surface area contributed by atoms with Crippen molar-refractivity contribution in [2.45, 2.75) is 0 Å². The molecule has 0 bridgehead atoms. The normalized spacial score (nSPS) is 10.9. The Hall–Kier alpha value is -2.65. The fourth-order valence-electron chi connectivity index (χ4n) is 2.37. The van der Waals surface area contributed by atoms with Crippen molar-refractivity contribution in [3.05, 3.63) is 94.5 Å². The minimum Gasteiger partial charge on any atom is -0.507 e. The first-order chi connectivity index (χ1) is 11.6. The van der Waals surface area contributed by atoms with Gasteiger partial charge in [0.15, 0.2) is 5.78 Å². The molecule has 24 heavy (non-hydrogen) atoms. The molecule has 0 aliphatic heterocycles. The van der Waals surface area contributed by atoms with Crippen LogP contribution in [0.25, 0.3) is 17.2 Å². The number of carbonyl (C=O) groups is 1. The fourth-order valence-corrected chi connectivity index (χ4v) is 2.64. The molecule has 0 spiro atoms. The van der Waals surface area contributed by atoms with Gasteiger partial charge in [0.25, 0.3) is 0 Å². The Bertz CT molecular complexity index is 878. The van der Waals surface area contributed by atoms with E-state index in [1.54, 1.807) is 24.3 Å². The van der Waals surface area contributed by atoms with Crippen LogP contribution in [-0.4, -0.2) is 10.9 Å². The smallest absolute Gasteiger partial charge is 0.189 e. The summed E-state index contributed by atoms with van der Waals surface area (Å²) in [5, 5.41) is 9.70. The van der Waals surface area contributed by atoms with Gasteiger partial charge in [0, 0.05) is 4.47 Å². The molecule has 0 fully saturated rings. The summed E-state index contributed by atoms with van der Waals surface area (Å²) >= 11 is 3.43. The molecule has 0 aliphatic rings. The Morgan fingerprint density at radius 2 is 1.42 bits per heavy atom. The lowest BCUT2D eigenvalue weighted by atomic mass is 10.0. The van der Waals surface area contributed by atoms with Gasteiger partial charge in [0.2, 0.25) is 0 Å². The van der Waals surface area contributed by atoms with Crippen LogP contribution in [0.15, 0.2) is 83.3 Å². The zero-order chi connectivity index (χ0) is 16.9. The molecule has 0 radical (unpaired) electrons. The fraction of sp³-hybridized carbons (Fsp3) is 0. The second-order valence-corrected chi connectivity index (χ2v) is 6.26. The Morgan fingerprint density at radius 3 is 2.04 bits per heavy atom. The molecule has 0 saturated heterocycles. The molecule has 0 heterocycles. The lowest BCUT2D eigenvalue weighted by Gasteiger charge is -2.03. The van der Waals surface area contributed by atoms with Gasteiger partial charge in [-0.1, -0.05) is 70.5 Å². The molecule has 3 rings (SSSR count). The first-order valence-corrected chi connectivity index (χ1v) is 8.29. The second kappa shape index (κ2) is 7.28. The summed E-state index contributed by atoms with van der Waals surface area (Å²) in [6.07, 6.45) is 3.23. The first-order valence-electron chi connectivity index (χ1n) is 7.50. The van der Waals surface area contributed by atoms with Gasteiger partial charge < -0.3 is 5.11 Å². The van der Waals surface area contributed by atoms with E-state index in [1.165, 1.54) is 12.1 Å². The van der Waals surface area contributed by atoms with E-state index in [1.807, 2.05) is 36.4 Å². The molecular weight excluding hydrogens is 364 g/mol. The number of para-hydroxylation sites is 1. The Labute approximate surface area is 149 Å². The monoisotopic (exact) mass is 378 g/mol. The van der Waals surface area contributed by atoms with Gasteiger partial charge in [0.1, 0.15) is 5.75 Å². The number of halogens is 1. The number of phenolic OH excluding ortho intramolecular Hbond substituents is 1. The summed E-state index contributed by atoms with van der Waals surface area (Å²) < 4.78 is 1.05. The SMILES string of the molecule is O=C(/C=C/c1ccc(-c2ccc(Br)cc2)cc1)c1ccccc1O. The third-order valence-corrected chi connectivity index (χ3v) is 4.21. The van der Waals surface area contributed by atoms with E-state index >= 15 is 0 Å². The van der Waals surface area contributed by atoms with Gasteiger partial charge in [0.05, 0.1) is 5.56 Å². The Kier molecular flexibility index (Phi) is 4.92. The summed E-state index contributed by atoms with van der Waals surface area (Å²) in [6, 6.07) is 22.6. The van der Waals surface area contributed by atoms with Crippen LogP contribution in [0.4, 0.5) is 0 Å². The van der Waals surface area contributed by atoms with Crippen LogP contribution in [0.1, 0.15) is 15.9 Å². The molecule has 0 aliphatic carbocycles. The van der Waals surface area contributed by atoms with Crippen molar-refractivity contribution >= 4 is 27.8 Å². The number of hydrogen-bond acceptors (Lipinski definition) is 2. The molecule has 3 aromatic rings. The highest BCUT2D eigenvalue weighted by molar-refractivity contribution is 9.10. The number of carbonyl (C=O) groups excluding carboxylic acids is 1. The summed E-state index contributed by atoms with van der Waals surface area (Å²) in [5.74, 6) is -0.220. The Balaban J connectivity index is 1.75. The molecular formula is C21H15BrO2. The van der Waals surface area contributed by atoms with Gasteiger partial charge >= 0.3 is 0 Å². The number of rotatable bonds is 4. The molecule has 0 saturated carbocycles. The maximum absolute atomic E-state index is 12.1. The van der Waals surface area contributed by atoms with Gasteiger partial charge in [-0.05, 0) is 47.0 Å². The van der Waals surface area contributed by atoms with Crippen LogP contribution < -0.4 is 0 Å². The number of phenols is 1. The Morgan fingerprint density at radius 1 is 0.833 bits per heavy atom. The standard InChI is InChI=1S/C21H15BrO2/c22-18-12-10-17(11-13-18)16-8-5-15(6-9-16)7-14-21(24)19-3-1-2-4-20(19)23/h1-14,23H/b14-7+. The minimum atomic E-state index is -0.218. The second-order valence-electron chi connectivity index (χ2n) is 5.34. The van der Waals surface area contributed by atoms with Crippen molar-refractivity contribution in [3.63, 3.8) is 0 Å². The number of ketones is 1. The highest BCUT2D eigenvalue weighted by Crippen LogP contribution is 2.23. The lowest BCUT2D eigenvalue weighted by Crippen LogP contribution is -1.94. The van der Waals surface area contributed by atoms with E-state index in [0.29, 0.717) is 5.56 Å². The summed E-state index contributed by atoms with van der Waals surface area (Å²) in [4.78, 5) is 12.1. The maximum atomic E-state index is 12.1. The molecule has 2 nitrogen and oxygen atoms in total. The number of allylic oxidation sites excluding steroid dienone is 1. The van der Waals surface area contributed by atoms with Crippen LogP contribution in [0.3, 0.4) is 0 Å². The van der Waals surface area contributed by atoms with Crippen LogP contribution in [-0.2, 0) is 0 Å². The third-order valence-electron chi connectivity index (χ3n) is 3.68. The summed E-state index contributed by atoms with van der Waals surface area (Å²) in [6.45, 7) is 0. The van der Waals surface area contributed by atoms with Crippen molar-refractivity contribution in [2.24, 2.45) is 0 Å². The minimum absolute atomic E-state index is 0.00210. The van der Waals surface area contributed by atoms with Crippen molar-refractivity contribution < 1.29 is 9.90 Å². The van der Waals surface area contributed by atoms with E-state index in [0.717, 1.165) is 21.2 Å². The molecule has 1 N–H and O–H groups in total. The zero-order valence-electron chi connectivity index (χ0n) is 12.8. The van der Waals surface area contributed by atoms with E-state index in [-0.39, 0.29) is 11.5 Å². The first kappa shape index (κ1) is 16.2. The molecule has 118 valence electrons. The predicted octanol–water partition coefficient (Wildman–Crippen LogP) is 5.72. The van der Waals surface area contributed by atoms with Crippen molar-refractivity contribution in [2.75, 3.05) is 0 Å². The van der Waals surface area contributed by atoms with E-state index in [2.05, 4.69) is 28.1 Å². The van der Waals surface area contributed by atoms with Gasteiger partial charge in [-0.3, -0.25) is 4.79 Å². The molecule has 0 unspecified atom stereocenters. The quantitative estimate of drug-likeness (QED) is 0.465. The predicted molar refractivity (Wildman–Crippen MR) is 101 cm³/mol. The lowest BCUT2D eigenvalue weighted by molar-refractivity contribution is 0.104. The van der Waals surface area contributed by atoms with Crippen molar-refractivity contribution in [1.82, 2.24) is 0 Å². The molecule has 0 amide bonds. The van der Waals surface area contributed by atoms with Gasteiger partial charge in [-0.25, -0.2) is 0 Å². The van der Waals surface area contributed by atoms with Crippen LogP contribution in [0.5, 0.6) is 5.75 Å². The van der Waals surface area contributed by atoms with E-state index in [4.69, 9.17) is 0 Å². The van der Waals surface area contributed by atoms with E-state index in [9.17, 15) is 9.90 Å². The maximum Gasteiger partial charge on any atom is 0.189 e. The number of hydrogen-bond donors (Lipinski definition) is 1. The highest BCUT2D eigenvalue weighted by atomic mass is 79.9. The summed E-state index contributed by atoms with van der Waals surface area (Å²) in [7, 11) is 0. The van der Waals surface area contributed by atoms with Gasteiger partial charge in [-0.15, -0.1) is 0 Å². The van der Waals surface area contributed by atoms with Crippen LogP contribution >= 0.6 is 15.9 Å². The molecule has 3 aromatic carbocycles. The molecule has 0 aromatic heterocycles. The van der Waals surface area contributed by atoms with Crippen LogP contribution in [0, 0.1) is 0 Å². The molecule has 3 heteroatoms. The third kappa shape index (κ3) is 3.81.